The van der Waals surface area contributed by atoms with Crippen LogP contribution < -0.4 is 10.6 Å². The van der Waals surface area contributed by atoms with E-state index in [2.05, 4.69) is 10.6 Å². The number of nitrogens with one attached hydrogen (secondary N) is 2. The number of carbonyl (C=O) groups excluding carboxylic acids is 2. The molecule has 4 nitrogen and oxygen atoms in total. The van der Waals surface area contributed by atoms with E-state index in [1.807, 2.05) is 0 Å². The highest BCUT2D eigenvalue weighted by Gasteiger charge is 2.34. The Kier molecular flexibility index (Phi) is 1.75. The van der Waals surface area contributed by atoms with Crippen LogP contribution in [0.2, 0.25) is 0 Å². The zero-order valence-electron chi connectivity index (χ0n) is 6.80. The van der Waals surface area contributed by atoms with E-state index >= 15 is 0 Å². The van der Waals surface area contributed by atoms with Crippen molar-refractivity contribution in [2.75, 3.05) is 0 Å². The minimum Gasteiger partial charge on any atom is -0.343 e. The third-order valence-corrected chi connectivity index (χ3v) is 2.50. The van der Waals surface area contributed by atoms with Crippen molar-refractivity contribution in [1.29, 1.82) is 0 Å². The van der Waals surface area contributed by atoms with E-state index in [-0.39, 0.29) is 23.9 Å². The van der Waals surface area contributed by atoms with E-state index in [0.717, 1.165) is 25.7 Å². The van der Waals surface area contributed by atoms with Gasteiger partial charge in [-0.25, -0.2) is 0 Å². The molecular weight excluding hydrogens is 156 g/mol. The molecule has 0 aromatic heterocycles. The Hall–Kier alpha value is -1.06. The smallest absolute Gasteiger partial charge is 0.243 e. The molecule has 0 aromatic carbocycles. The molecule has 2 atom stereocenters. The fraction of sp³-hybridized carbons (Fsp3) is 0.750. The first-order valence-electron chi connectivity index (χ1n) is 4.38. The molecule has 0 aromatic rings. The van der Waals surface area contributed by atoms with Crippen molar-refractivity contribution in [2.45, 2.75) is 37.8 Å². The minimum absolute atomic E-state index is 0.0145. The summed E-state index contributed by atoms with van der Waals surface area (Å²) in [4.78, 5) is 22.5. The van der Waals surface area contributed by atoms with Crippen molar-refractivity contribution in [3.8, 4) is 0 Å². The van der Waals surface area contributed by atoms with Crippen LogP contribution in [0, 0.1) is 0 Å². The highest BCUT2D eigenvalue weighted by molar-refractivity contribution is 5.96. The Balaban J connectivity index is 2.17. The van der Waals surface area contributed by atoms with Crippen LogP contribution in [0.5, 0.6) is 0 Å². The topological polar surface area (TPSA) is 58.2 Å². The molecule has 0 saturated carbocycles. The van der Waals surface area contributed by atoms with Crippen LogP contribution in [0.4, 0.5) is 0 Å². The van der Waals surface area contributed by atoms with E-state index in [1.165, 1.54) is 0 Å². The normalized spacial score (nSPS) is 35.0. The summed E-state index contributed by atoms with van der Waals surface area (Å²) in [6.45, 7) is 0. The molecule has 3 aliphatic heterocycles. The Labute approximate surface area is 70.7 Å². The summed E-state index contributed by atoms with van der Waals surface area (Å²) in [7, 11) is 0. The fourth-order valence-electron chi connectivity index (χ4n) is 1.78. The van der Waals surface area contributed by atoms with Gasteiger partial charge in [-0.2, -0.15) is 0 Å². The molecule has 2 bridgehead atoms. The van der Waals surface area contributed by atoms with Crippen molar-refractivity contribution < 1.29 is 9.59 Å². The van der Waals surface area contributed by atoms with Crippen molar-refractivity contribution in [3.05, 3.63) is 0 Å². The first-order valence-corrected chi connectivity index (χ1v) is 4.38. The summed E-state index contributed by atoms with van der Waals surface area (Å²) in [5.74, 6) is -0.0291. The molecule has 4 heteroatoms. The monoisotopic (exact) mass is 168 g/mol. The van der Waals surface area contributed by atoms with Gasteiger partial charge in [0.1, 0.15) is 12.1 Å². The predicted octanol–water partition coefficient (Wildman–Crippen LogP) is -0.456. The van der Waals surface area contributed by atoms with Gasteiger partial charge in [0, 0.05) is 0 Å². The Morgan fingerprint density at radius 1 is 0.917 bits per heavy atom. The van der Waals surface area contributed by atoms with Crippen LogP contribution in [0.25, 0.3) is 0 Å². The minimum atomic E-state index is -0.269. The van der Waals surface area contributed by atoms with Gasteiger partial charge in [0.05, 0.1) is 0 Å². The third-order valence-electron chi connectivity index (χ3n) is 2.50. The maximum absolute atomic E-state index is 11.2. The van der Waals surface area contributed by atoms with Crippen LogP contribution in [-0.4, -0.2) is 23.9 Å². The molecular formula is C8H12N2O2. The van der Waals surface area contributed by atoms with E-state index < -0.39 is 0 Å². The number of hydrogen-bond acceptors (Lipinski definition) is 2. The molecule has 0 radical (unpaired) electrons. The second-order valence-electron chi connectivity index (χ2n) is 3.41. The van der Waals surface area contributed by atoms with Gasteiger partial charge in [-0.05, 0) is 12.8 Å². The largest absolute Gasteiger partial charge is 0.343 e. The lowest BCUT2D eigenvalue weighted by Gasteiger charge is -2.32. The molecule has 12 heavy (non-hydrogen) atoms. The van der Waals surface area contributed by atoms with Crippen LogP contribution >= 0.6 is 0 Å². The first kappa shape index (κ1) is 7.58. The van der Waals surface area contributed by atoms with E-state index in [9.17, 15) is 9.59 Å². The zero-order valence-corrected chi connectivity index (χ0v) is 6.80. The maximum Gasteiger partial charge on any atom is 0.243 e. The van der Waals surface area contributed by atoms with E-state index in [1.54, 1.807) is 0 Å². The van der Waals surface area contributed by atoms with Gasteiger partial charge in [-0.1, -0.05) is 12.8 Å². The molecule has 2 N–H and O–H groups in total. The van der Waals surface area contributed by atoms with Crippen molar-refractivity contribution in [3.63, 3.8) is 0 Å². The Morgan fingerprint density at radius 2 is 1.33 bits per heavy atom. The summed E-state index contributed by atoms with van der Waals surface area (Å²) >= 11 is 0. The highest BCUT2D eigenvalue weighted by Crippen LogP contribution is 2.15. The molecule has 3 aliphatic rings. The molecule has 0 aliphatic carbocycles. The van der Waals surface area contributed by atoms with Crippen LogP contribution in [-0.2, 0) is 9.59 Å². The van der Waals surface area contributed by atoms with Gasteiger partial charge in [-0.15, -0.1) is 0 Å². The molecule has 2 unspecified atom stereocenters. The van der Waals surface area contributed by atoms with Gasteiger partial charge < -0.3 is 10.6 Å². The Morgan fingerprint density at radius 3 is 1.75 bits per heavy atom. The van der Waals surface area contributed by atoms with E-state index in [0.29, 0.717) is 0 Å². The van der Waals surface area contributed by atoms with Crippen molar-refractivity contribution in [1.82, 2.24) is 10.6 Å². The zero-order chi connectivity index (χ0) is 8.55. The summed E-state index contributed by atoms with van der Waals surface area (Å²) in [6.07, 6.45) is 3.64. The van der Waals surface area contributed by atoms with Gasteiger partial charge in [0.25, 0.3) is 0 Å². The lowest BCUT2D eigenvalue weighted by atomic mass is 9.96. The van der Waals surface area contributed by atoms with Crippen molar-refractivity contribution >= 4 is 11.8 Å². The van der Waals surface area contributed by atoms with Crippen LogP contribution in [0.15, 0.2) is 0 Å². The average Bonchev–Trinajstić information content (AvgIpc) is 2.00. The summed E-state index contributed by atoms with van der Waals surface area (Å²) in [5.41, 5.74) is 0. The second-order valence-corrected chi connectivity index (χ2v) is 3.41. The van der Waals surface area contributed by atoms with Gasteiger partial charge in [0.2, 0.25) is 11.8 Å². The lowest BCUT2D eigenvalue weighted by molar-refractivity contribution is -0.137. The fourth-order valence-corrected chi connectivity index (χ4v) is 1.78. The molecule has 0 spiro atoms. The number of hydrogen-bond donors (Lipinski definition) is 2. The predicted molar refractivity (Wildman–Crippen MR) is 42.3 cm³/mol. The highest BCUT2D eigenvalue weighted by atomic mass is 16.2. The third kappa shape index (κ3) is 1.17. The summed E-state index contributed by atoms with van der Waals surface area (Å²) in [6, 6.07) is -0.539. The number of amides is 2. The van der Waals surface area contributed by atoms with E-state index in [4.69, 9.17) is 0 Å². The van der Waals surface area contributed by atoms with Crippen LogP contribution in [0.3, 0.4) is 0 Å². The molecule has 3 heterocycles. The standard InChI is InChI=1S/C8H12N2O2/c11-7-5-3-1-2-4-6(10-7)8(12)9-5/h5-6H,1-4H2,(H,9,12)(H,10,11). The van der Waals surface area contributed by atoms with Gasteiger partial charge >= 0.3 is 0 Å². The second kappa shape index (κ2) is 2.77. The molecule has 3 rings (SSSR count). The number of fused-ring (bicyclic) bond motifs is 5. The van der Waals surface area contributed by atoms with Gasteiger partial charge in [-0.3, -0.25) is 9.59 Å². The van der Waals surface area contributed by atoms with Crippen LogP contribution in [0.1, 0.15) is 25.7 Å². The Bertz CT molecular complexity index is 203. The first-order chi connectivity index (χ1) is 5.77. The number of carbonyl (C=O) groups is 2. The quantitative estimate of drug-likeness (QED) is 0.514. The summed E-state index contributed by atoms with van der Waals surface area (Å²) < 4.78 is 0. The maximum atomic E-state index is 11.2. The summed E-state index contributed by atoms with van der Waals surface area (Å²) in [5, 5.41) is 5.43. The van der Waals surface area contributed by atoms with Gasteiger partial charge in [0.15, 0.2) is 0 Å². The molecule has 66 valence electrons. The number of rotatable bonds is 0. The van der Waals surface area contributed by atoms with Crippen molar-refractivity contribution in [2.24, 2.45) is 0 Å². The molecule has 3 fully saturated rings. The SMILES string of the molecule is O=C1NC2CCCCC1NC2=O. The number of piperazine rings is 1. The molecule has 2 amide bonds. The average molecular weight is 168 g/mol. The lowest BCUT2D eigenvalue weighted by Crippen LogP contribution is -2.62. The molecule has 3 saturated heterocycles.